The van der Waals surface area contributed by atoms with Crippen molar-refractivity contribution in [3.05, 3.63) is 108 Å². The van der Waals surface area contributed by atoms with E-state index in [0.29, 0.717) is 50.0 Å². The third-order valence-electron chi connectivity index (χ3n) is 7.61. The fourth-order valence-electron chi connectivity index (χ4n) is 4.72. The van der Waals surface area contributed by atoms with Crippen LogP contribution in [0.1, 0.15) is 33.6 Å². The van der Waals surface area contributed by atoms with E-state index >= 15 is 0 Å². The van der Waals surface area contributed by atoms with Crippen LogP contribution in [0.5, 0.6) is 0 Å². The first-order valence-electron chi connectivity index (χ1n) is 16.0. The normalized spacial score (nSPS) is 12.3. The number of carbonyl (C=O) groups excluding carboxylic acids is 2. The Morgan fingerprint density at radius 3 is 1.67 bits per heavy atom. The number of aromatic nitrogens is 8. The van der Waals surface area contributed by atoms with Crippen LogP contribution in [0, 0.1) is 11.3 Å². The number of amides is 2. The Morgan fingerprint density at radius 2 is 1.16 bits per heavy atom. The molecule has 51 heavy (non-hydrogen) atoms. The molecule has 0 bridgehead atoms. The molecule has 1 fully saturated rings. The molecule has 0 unspecified atom stereocenters. The van der Waals surface area contributed by atoms with E-state index in [1.165, 1.54) is 6.20 Å². The lowest BCUT2D eigenvalue weighted by Gasteiger charge is -2.18. The summed E-state index contributed by atoms with van der Waals surface area (Å²) in [6.07, 6.45) is 18.1. The highest BCUT2D eigenvalue weighted by atomic mass is 35.5. The molecule has 12 nitrogen and oxygen atoms in total. The first kappa shape index (κ1) is 35.1. The van der Waals surface area contributed by atoms with Crippen LogP contribution in [0.15, 0.2) is 98.4 Å². The van der Waals surface area contributed by atoms with E-state index < -0.39 is 5.41 Å². The summed E-state index contributed by atoms with van der Waals surface area (Å²) in [5.74, 6) is 0.749. The van der Waals surface area contributed by atoms with Crippen molar-refractivity contribution in [1.29, 1.82) is 0 Å². The minimum Gasteiger partial charge on any atom is -0.309 e. The predicted octanol–water partition coefficient (Wildman–Crippen LogP) is 7.84. The van der Waals surface area contributed by atoms with E-state index in [-0.39, 0.29) is 17.7 Å². The molecule has 14 heteroatoms. The monoisotopic (exact) mass is 718 g/mol. The number of carbonyl (C=O) groups is 2. The Kier molecular flexibility index (Phi) is 10.6. The Bertz CT molecular complexity index is 2180. The lowest BCUT2D eigenvalue weighted by molar-refractivity contribution is -0.123. The number of hydrogen-bond donors (Lipinski definition) is 2. The molecule has 0 radical (unpaired) electrons. The van der Waals surface area contributed by atoms with Crippen LogP contribution in [0.2, 0.25) is 10.0 Å². The van der Waals surface area contributed by atoms with Gasteiger partial charge in [-0.1, -0.05) is 44.0 Å². The fraction of sp³-hybridized carbons (Fsp3) is 0.189. The van der Waals surface area contributed by atoms with Crippen molar-refractivity contribution in [2.24, 2.45) is 11.3 Å². The zero-order valence-electron chi connectivity index (χ0n) is 27.9. The van der Waals surface area contributed by atoms with Crippen molar-refractivity contribution in [2.75, 3.05) is 10.6 Å². The van der Waals surface area contributed by atoms with E-state index in [9.17, 15) is 9.59 Å². The number of nitrogens with one attached hydrogen (secondary N) is 2. The molecule has 1 aliphatic carbocycles. The van der Waals surface area contributed by atoms with Crippen molar-refractivity contribution in [3.63, 3.8) is 0 Å². The molecule has 0 spiro atoms. The number of rotatable bonds is 7. The predicted molar refractivity (Wildman–Crippen MR) is 196 cm³/mol. The van der Waals surface area contributed by atoms with E-state index in [2.05, 4.69) is 50.5 Å². The Balaban J connectivity index is 0.000000176. The third kappa shape index (κ3) is 8.72. The number of pyridine rings is 4. The summed E-state index contributed by atoms with van der Waals surface area (Å²) in [6, 6.07) is 10.9. The second kappa shape index (κ2) is 15.4. The van der Waals surface area contributed by atoms with Gasteiger partial charge in [0.1, 0.15) is 5.69 Å². The zero-order valence-corrected chi connectivity index (χ0v) is 29.4. The van der Waals surface area contributed by atoms with Gasteiger partial charge in [-0.05, 0) is 49.2 Å². The molecule has 1 saturated carbocycles. The average molecular weight is 720 g/mol. The fourth-order valence-corrected chi connectivity index (χ4v) is 5.14. The molecule has 0 aliphatic heterocycles. The maximum atomic E-state index is 12.3. The second-order valence-electron chi connectivity index (χ2n) is 12.6. The number of halogens is 2. The van der Waals surface area contributed by atoms with E-state index in [4.69, 9.17) is 23.2 Å². The van der Waals surface area contributed by atoms with Gasteiger partial charge in [-0.3, -0.25) is 39.5 Å². The van der Waals surface area contributed by atoms with Crippen LogP contribution in [0.3, 0.4) is 0 Å². The Morgan fingerprint density at radius 1 is 0.627 bits per heavy atom. The SMILES string of the molecule is CC(C)(C)C(=O)Nc1cnc(-c2ccncc2Cl)c(-c2cccnc2)n1.O=C(Nc1cnc(-c2ccncc2Cl)c(-c2ccncc2)n1)C1CC1. The summed E-state index contributed by atoms with van der Waals surface area (Å²) >= 11 is 12.6. The van der Waals surface area contributed by atoms with Crippen LogP contribution in [-0.4, -0.2) is 51.7 Å². The molecule has 7 rings (SSSR count). The molecular formula is C37H32Cl2N10O2. The Hall–Kier alpha value is -5.72. The van der Waals surface area contributed by atoms with Crippen molar-refractivity contribution in [2.45, 2.75) is 33.6 Å². The summed E-state index contributed by atoms with van der Waals surface area (Å²) in [5.41, 5.74) is 4.95. The maximum absolute atomic E-state index is 12.3. The van der Waals surface area contributed by atoms with Gasteiger partial charge in [0, 0.05) is 83.2 Å². The molecule has 0 aromatic carbocycles. The first-order chi connectivity index (χ1) is 24.6. The van der Waals surface area contributed by atoms with Crippen molar-refractivity contribution < 1.29 is 9.59 Å². The first-order valence-corrected chi connectivity index (χ1v) is 16.7. The van der Waals surface area contributed by atoms with E-state index in [1.54, 1.807) is 67.9 Å². The molecule has 6 aromatic rings. The Labute approximate surface area is 304 Å². The van der Waals surface area contributed by atoms with Gasteiger partial charge in [-0.25, -0.2) is 9.97 Å². The number of nitrogens with zero attached hydrogens (tertiary/aromatic N) is 8. The zero-order chi connectivity index (χ0) is 36.0. The molecule has 0 saturated heterocycles. The van der Waals surface area contributed by atoms with Crippen molar-refractivity contribution in [3.8, 4) is 45.0 Å². The van der Waals surface area contributed by atoms with Gasteiger partial charge >= 0.3 is 0 Å². The summed E-state index contributed by atoms with van der Waals surface area (Å²) < 4.78 is 0. The highest BCUT2D eigenvalue weighted by molar-refractivity contribution is 6.33. The molecule has 1 aliphatic rings. The van der Waals surface area contributed by atoms with E-state index in [0.717, 1.165) is 29.5 Å². The van der Waals surface area contributed by atoms with Crippen LogP contribution >= 0.6 is 23.2 Å². The smallest absolute Gasteiger partial charge is 0.230 e. The summed E-state index contributed by atoms with van der Waals surface area (Å²) in [4.78, 5) is 58.7. The van der Waals surface area contributed by atoms with Crippen LogP contribution in [0.4, 0.5) is 11.6 Å². The largest absolute Gasteiger partial charge is 0.309 e. The van der Waals surface area contributed by atoms with Crippen LogP contribution < -0.4 is 10.6 Å². The van der Waals surface area contributed by atoms with Crippen molar-refractivity contribution in [1.82, 2.24) is 39.9 Å². The van der Waals surface area contributed by atoms with E-state index in [1.807, 2.05) is 45.0 Å². The van der Waals surface area contributed by atoms with Crippen molar-refractivity contribution >= 4 is 46.7 Å². The number of anilines is 2. The van der Waals surface area contributed by atoms with Gasteiger partial charge < -0.3 is 10.6 Å². The lowest BCUT2D eigenvalue weighted by atomic mass is 9.96. The van der Waals surface area contributed by atoms with Gasteiger partial charge in [0.25, 0.3) is 0 Å². The molecule has 0 atom stereocenters. The highest BCUT2D eigenvalue weighted by Gasteiger charge is 2.30. The molecule has 2 amide bonds. The standard InChI is InChI=1S/C19H18ClN5O.C18H14ClN5O/c1-19(2,3)18(26)25-15-11-23-17(13-6-8-22-10-14(13)20)16(24-15)12-5-4-7-21-9-12;19-14-9-21-8-5-13(14)17-16(11-3-6-20-7-4-11)23-15(10-22-17)24-18(25)12-1-2-12/h4-11H,1-3H3,(H,24,25,26);3-10,12H,1-2H2,(H,23,24,25). The van der Waals surface area contributed by atoms with Crippen LogP contribution in [0.25, 0.3) is 45.0 Å². The average Bonchev–Trinajstić information content (AvgIpc) is 3.99. The van der Waals surface area contributed by atoms with Gasteiger partial charge in [0.05, 0.1) is 39.5 Å². The third-order valence-corrected chi connectivity index (χ3v) is 8.21. The molecule has 6 heterocycles. The van der Waals surface area contributed by atoms with Gasteiger partial charge in [0.2, 0.25) is 11.8 Å². The van der Waals surface area contributed by atoms with Gasteiger partial charge in [-0.15, -0.1) is 0 Å². The quantitative estimate of drug-likeness (QED) is 0.166. The topological polar surface area (TPSA) is 161 Å². The minimum atomic E-state index is -0.538. The number of hydrogen-bond acceptors (Lipinski definition) is 10. The minimum absolute atomic E-state index is 0.00956. The van der Waals surface area contributed by atoms with Gasteiger partial charge in [0.15, 0.2) is 11.6 Å². The summed E-state index contributed by atoms with van der Waals surface area (Å²) in [5, 5.41) is 6.60. The molecule has 256 valence electrons. The summed E-state index contributed by atoms with van der Waals surface area (Å²) in [7, 11) is 0. The highest BCUT2D eigenvalue weighted by Crippen LogP contribution is 2.35. The molecule has 6 aromatic heterocycles. The molecule has 2 N–H and O–H groups in total. The summed E-state index contributed by atoms with van der Waals surface area (Å²) in [6.45, 7) is 5.51. The molecular weight excluding hydrogens is 687 g/mol. The second-order valence-corrected chi connectivity index (χ2v) is 13.4. The lowest BCUT2D eigenvalue weighted by Crippen LogP contribution is -2.28. The van der Waals surface area contributed by atoms with Gasteiger partial charge in [-0.2, -0.15) is 0 Å². The van der Waals surface area contributed by atoms with Crippen LogP contribution in [-0.2, 0) is 9.59 Å². The maximum Gasteiger partial charge on any atom is 0.230 e.